The second-order valence-electron chi connectivity index (χ2n) is 6.59. The molecule has 0 atom stereocenters. The van der Waals surface area contributed by atoms with Crippen LogP contribution in [0.2, 0.25) is 0 Å². The minimum atomic E-state index is -0.306. The number of aryl methyl sites for hydroxylation is 1. The number of rotatable bonds is 3. The van der Waals surface area contributed by atoms with Crippen molar-refractivity contribution in [1.29, 1.82) is 0 Å². The van der Waals surface area contributed by atoms with Crippen LogP contribution in [-0.4, -0.2) is 47.4 Å². The van der Waals surface area contributed by atoms with Crippen molar-refractivity contribution in [3.05, 3.63) is 23.2 Å². The van der Waals surface area contributed by atoms with E-state index in [1.807, 2.05) is 0 Å². The number of nitrogen functional groups attached to an aromatic ring is 1. The summed E-state index contributed by atoms with van der Waals surface area (Å²) >= 11 is 0. The lowest BCUT2D eigenvalue weighted by Crippen LogP contribution is -2.53. The quantitative estimate of drug-likeness (QED) is 0.496. The third kappa shape index (κ3) is 3.84. The number of carbonyl (C=O) groups excluding carboxylic acids is 1. The highest BCUT2D eigenvalue weighted by Gasteiger charge is 2.26. The van der Waals surface area contributed by atoms with E-state index < -0.39 is 0 Å². The molecule has 1 aromatic rings. The molecular formula is C15H26N4O2. The maximum atomic E-state index is 11.6. The molecule has 1 aliphatic rings. The zero-order chi connectivity index (χ0) is 15.6. The lowest BCUT2D eigenvalue weighted by molar-refractivity contribution is 0.0561. The number of carbonyl (C=O) groups is 1. The molecule has 1 saturated heterocycles. The molecule has 0 saturated carbocycles. The zero-order valence-corrected chi connectivity index (χ0v) is 13.4. The summed E-state index contributed by atoms with van der Waals surface area (Å²) in [7, 11) is 0. The maximum Gasteiger partial charge on any atom is 0.268 e. The molecule has 2 rings (SSSR count). The molecule has 118 valence electrons. The largest absolute Gasteiger partial charge is 0.464 e. The standard InChI is InChI=1S/C15H26N4O2/c1-11-13(14(20)17-16)9-12(21-11)10-18-5-7-19(8-6-18)15(2,3)4/h9H,5-8,10,16H2,1-4H3,(H,17,20). The summed E-state index contributed by atoms with van der Waals surface area (Å²) in [6.07, 6.45) is 0. The van der Waals surface area contributed by atoms with Crippen molar-refractivity contribution in [2.45, 2.75) is 39.8 Å². The molecule has 0 unspecified atom stereocenters. The van der Waals surface area contributed by atoms with E-state index in [1.54, 1.807) is 13.0 Å². The van der Waals surface area contributed by atoms with Gasteiger partial charge in [0.25, 0.3) is 5.91 Å². The van der Waals surface area contributed by atoms with E-state index in [0.29, 0.717) is 11.3 Å². The highest BCUT2D eigenvalue weighted by atomic mass is 16.3. The summed E-state index contributed by atoms with van der Waals surface area (Å²) in [5.74, 6) is 6.29. The zero-order valence-electron chi connectivity index (χ0n) is 13.4. The topological polar surface area (TPSA) is 74.7 Å². The van der Waals surface area contributed by atoms with E-state index in [9.17, 15) is 4.79 Å². The summed E-state index contributed by atoms with van der Waals surface area (Å²) in [5.41, 5.74) is 2.88. The van der Waals surface area contributed by atoms with Gasteiger partial charge in [0.1, 0.15) is 11.5 Å². The molecular weight excluding hydrogens is 268 g/mol. The van der Waals surface area contributed by atoms with Crippen LogP contribution in [0.15, 0.2) is 10.5 Å². The van der Waals surface area contributed by atoms with Crippen molar-refractivity contribution in [3.63, 3.8) is 0 Å². The number of hydrogen-bond acceptors (Lipinski definition) is 5. The van der Waals surface area contributed by atoms with Crippen LogP contribution in [-0.2, 0) is 6.54 Å². The molecule has 0 spiro atoms. The van der Waals surface area contributed by atoms with Crippen LogP contribution in [0, 0.1) is 6.92 Å². The van der Waals surface area contributed by atoms with Gasteiger partial charge in [-0.25, -0.2) is 5.84 Å². The molecule has 1 aromatic heterocycles. The normalized spacial score (nSPS) is 18.0. The van der Waals surface area contributed by atoms with Gasteiger partial charge in [-0.15, -0.1) is 0 Å². The number of piperazine rings is 1. The van der Waals surface area contributed by atoms with Crippen LogP contribution < -0.4 is 11.3 Å². The van der Waals surface area contributed by atoms with Crippen LogP contribution in [0.25, 0.3) is 0 Å². The van der Waals surface area contributed by atoms with Crippen LogP contribution in [0.3, 0.4) is 0 Å². The smallest absolute Gasteiger partial charge is 0.268 e. The molecule has 0 aromatic carbocycles. The SMILES string of the molecule is Cc1oc(CN2CCN(C(C)(C)C)CC2)cc1C(=O)NN. The van der Waals surface area contributed by atoms with Crippen LogP contribution in [0.1, 0.15) is 42.6 Å². The molecule has 2 heterocycles. The first-order chi connectivity index (χ1) is 9.81. The van der Waals surface area contributed by atoms with Crippen LogP contribution in [0.5, 0.6) is 0 Å². The van der Waals surface area contributed by atoms with Gasteiger partial charge < -0.3 is 4.42 Å². The van der Waals surface area contributed by atoms with Gasteiger partial charge in [-0.05, 0) is 33.8 Å². The minimum Gasteiger partial charge on any atom is -0.464 e. The molecule has 3 N–H and O–H groups in total. The Morgan fingerprint density at radius 3 is 2.48 bits per heavy atom. The number of nitrogens with two attached hydrogens (primary N) is 1. The second kappa shape index (κ2) is 6.17. The molecule has 6 heteroatoms. The number of hydrogen-bond donors (Lipinski definition) is 2. The summed E-state index contributed by atoms with van der Waals surface area (Å²) in [6.45, 7) is 13.4. The maximum absolute atomic E-state index is 11.6. The van der Waals surface area contributed by atoms with Gasteiger partial charge in [0.05, 0.1) is 12.1 Å². The van der Waals surface area contributed by atoms with Gasteiger partial charge in [0.15, 0.2) is 0 Å². The van der Waals surface area contributed by atoms with Crippen molar-refractivity contribution in [2.24, 2.45) is 5.84 Å². The fourth-order valence-electron chi connectivity index (χ4n) is 2.72. The van der Waals surface area contributed by atoms with E-state index in [0.717, 1.165) is 38.5 Å². The van der Waals surface area contributed by atoms with Crippen molar-refractivity contribution < 1.29 is 9.21 Å². The minimum absolute atomic E-state index is 0.222. The van der Waals surface area contributed by atoms with Crippen molar-refractivity contribution >= 4 is 5.91 Å². The van der Waals surface area contributed by atoms with Crippen molar-refractivity contribution in [2.75, 3.05) is 26.2 Å². The number of furan rings is 1. The molecule has 21 heavy (non-hydrogen) atoms. The highest BCUT2D eigenvalue weighted by molar-refractivity contribution is 5.94. The molecule has 0 bridgehead atoms. The molecule has 0 radical (unpaired) electrons. The lowest BCUT2D eigenvalue weighted by atomic mass is 10.0. The number of nitrogens with zero attached hydrogens (tertiary/aromatic N) is 2. The molecule has 0 aliphatic carbocycles. The van der Waals surface area contributed by atoms with Crippen molar-refractivity contribution in [1.82, 2.24) is 15.2 Å². The summed E-state index contributed by atoms with van der Waals surface area (Å²) in [5, 5.41) is 0. The Morgan fingerprint density at radius 2 is 1.95 bits per heavy atom. The average Bonchev–Trinajstić information content (AvgIpc) is 2.78. The second-order valence-corrected chi connectivity index (χ2v) is 6.59. The summed E-state index contributed by atoms with van der Waals surface area (Å²) in [6, 6.07) is 1.79. The van der Waals surface area contributed by atoms with Gasteiger partial charge >= 0.3 is 0 Å². The Morgan fingerprint density at radius 1 is 1.33 bits per heavy atom. The van der Waals surface area contributed by atoms with Crippen LogP contribution >= 0.6 is 0 Å². The number of amides is 1. The van der Waals surface area contributed by atoms with Gasteiger partial charge in [0, 0.05) is 31.7 Å². The Kier molecular flexibility index (Phi) is 4.70. The summed E-state index contributed by atoms with van der Waals surface area (Å²) < 4.78 is 5.66. The van der Waals surface area contributed by atoms with E-state index >= 15 is 0 Å². The predicted octanol–water partition coefficient (Wildman–Crippen LogP) is 1.11. The monoisotopic (exact) mass is 294 g/mol. The first-order valence-electron chi connectivity index (χ1n) is 7.39. The van der Waals surface area contributed by atoms with Gasteiger partial charge in [-0.3, -0.25) is 20.0 Å². The fourth-order valence-corrected chi connectivity index (χ4v) is 2.72. The number of hydrazine groups is 1. The average molecular weight is 294 g/mol. The predicted molar refractivity (Wildman–Crippen MR) is 81.7 cm³/mol. The van der Waals surface area contributed by atoms with E-state index in [-0.39, 0.29) is 11.4 Å². The Balaban J connectivity index is 1.94. The molecule has 1 amide bonds. The molecule has 1 fully saturated rings. The molecule has 6 nitrogen and oxygen atoms in total. The first-order valence-corrected chi connectivity index (χ1v) is 7.39. The Bertz CT molecular complexity index is 496. The van der Waals surface area contributed by atoms with Crippen LogP contribution in [0.4, 0.5) is 0 Å². The first kappa shape index (κ1) is 16.0. The van der Waals surface area contributed by atoms with Crippen molar-refractivity contribution in [3.8, 4) is 0 Å². The third-order valence-electron chi connectivity index (χ3n) is 4.04. The van der Waals surface area contributed by atoms with Gasteiger partial charge in [0.2, 0.25) is 0 Å². The highest BCUT2D eigenvalue weighted by Crippen LogP contribution is 2.19. The third-order valence-corrected chi connectivity index (χ3v) is 4.04. The molecule has 1 aliphatic heterocycles. The van der Waals surface area contributed by atoms with E-state index in [4.69, 9.17) is 10.3 Å². The van der Waals surface area contributed by atoms with E-state index in [1.165, 1.54) is 0 Å². The fraction of sp³-hybridized carbons (Fsp3) is 0.667. The Hall–Kier alpha value is -1.37. The van der Waals surface area contributed by atoms with Gasteiger partial charge in [-0.1, -0.05) is 0 Å². The Labute approximate surface area is 126 Å². The van der Waals surface area contributed by atoms with E-state index in [2.05, 4.69) is 36.0 Å². The summed E-state index contributed by atoms with van der Waals surface area (Å²) in [4.78, 5) is 16.4. The lowest BCUT2D eigenvalue weighted by Gasteiger charge is -2.42. The van der Waals surface area contributed by atoms with Gasteiger partial charge in [-0.2, -0.15) is 0 Å². The number of nitrogens with one attached hydrogen (secondary N) is 1.